The number of hydrogen-bond donors (Lipinski definition) is 0. The van der Waals surface area contributed by atoms with E-state index in [4.69, 9.17) is 0 Å². The highest BCUT2D eigenvalue weighted by atomic mass is 19.3. The van der Waals surface area contributed by atoms with Crippen LogP contribution in [0.5, 0.6) is 5.88 Å². The molecule has 0 fully saturated rings. The maximum Gasteiger partial charge on any atom is 0.388 e. The van der Waals surface area contributed by atoms with Crippen molar-refractivity contribution in [2.75, 3.05) is 0 Å². The molecule has 1 heterocycles. The van der Waals surface area contributed by atoms with Crippen molar-refractivity contribution < 1.29 is 17.9 Å². The van der Waals surface area contributed by atoms with Gasteiger partial charge in [0.2, 0.25) is 11.8 Å². The van der Waals surface area contributed by atoms with E-state index in [1.165, 1.54) is 19.1 Å². The average molecular weight is 177 g/mol. The molecule has 0 bridgehead atoms. The Morgan fingerprint density at radius 2 is 2.08 bits per heavy atom. The Labute approximate surface area is 67.0 Å². The largest absolute Gasteiger partial charge is 0.417 e. The van der Waals surface area contributed by atoms with Crippen molar-refractivity contribution >= 4 is 0 Å². The number of pyridine rings is 1. The van der Waals surface area contributed by atoms with Gasteiger partial charge < -0.3 is 4.74 Å². The van der Waals surface area contributed by atoms with Crippen LogP contribution >= 0.6 is 0 Å². The fraction of sp³-hybridized carbons (Fsp3) is 0.286. The van der Waals surface area contributed by atoms with Crippen LogP contribution in [0.25, 0.3) is 0 Å². The van der Waals surface area contributed by atoms with Crippen molar-refractivity contribution in [3.63, 3.8) is 0 Å². The van der Waals surface area contributed by atoms with Crippen molar-refractivity contribution in [3.8, 4) is 5.88 Å². The van der Waals surface area contributed by atoms with Crippen molar-refractivity contribution in [1.29, 1.82) is 0 Å². The topological polar surface area (TPSA) is 22.1 Å². The van der Waals surface area contributed by atoms with E-state index in [0.29, 0.717) is 0 Å². The van der Waals surface area contributed by atoms with E-state index in [0.717, 1.165) is 0 Å². The molecule has 0 atom stereocenters. The van der Waals surface area contributed by atoms with Gasteiger partial charge in [-0.1, -0.05) is 0 Å². The SMILES string of the molecule is Cc1ccc(OC(F)F)nc1F. The van der Waals surface area contributed by atoms with Gasteiger partial charge in [0.1, 0.15) is 0 Å². The van der Waals surface area contributed by atoms with Crippen LogP contribution in [0, 0.1) is 12.9 Å². The summed E-state index contributed by atoms with van der Waals surface area (Å²) >= 11 is 0. The van der Waals surface area contributed by atoms with Crippen molar-refractivity contribution in [2.24, 2.45) is 0 Å². The van der Waals surface area contributed by atoms with Gasteiger partial charge in [-0.15, -0.1) is 0 Å². The molecule has 0 aliphatic heterocycles. The number of halogens is 3. The molecular formula is C7H6F3NO. The summed E-state index contributed by atoms with van der Waals surface area (Å²) in [6.07, 6.45) is 0. The predicted molar refractivity (Wildman–Crippen MR) is 35.6 cm³/mol. The summed E-state index contributed by atoms with van der Waals surface area (Å²) in [5.41, 5.74) is 0.289. The first kappa shape index (κ1) is 8.83. The third kappa shape index (κ3) is 2.11. The average Bonchev–Trinajstić information content (AvgIpc) is 1.96. The van der Waals surface area contributed by atoms with E-state index in [2.05, 4.69) is 9.72 Å². The van der Waals surface area contributed by atoms with E-state index < -0.39 is 18.4 Å². The van der Waals surface area contributed by atoms with Crippen LogP contribution in [0.4, 0.5) is 13.2 Å². The van der Waals surface area contributed by atoms with Gasteiger partial charge in [-0.25, -0.2) is 0 Å². The second-order valence-electron chi connectivity index (χ2n) is 2.14. The van der Waals surface area contributed by atoms with Gasteiger partial charge in [-0.3, -0.25) is 0 Å². The van der Waals surface area contributed by atoms with E-state index >= 15 is 0 Å². The highest BCUT2D eigenvalue weighted by Gasteiger charge is 2.07. The first-order chi connectivity index (χ1) is 5.59. The molecular weight excluding hydrogens is 171 g/mol. The summed E-state index contributed by atoms with van der Waals surface area (Å²) in [7, 11) is 0. The third-order valence-electron chi connectivity index (χ3n) is 1.22. The van der Waals surface area contributed by atoms with Gasteiger partial charge in [0.25, 0.3) is 0 Å². The van der Waals surface area contributed by atoms with E-state index in [9.17, 15) is 13.2 Å². The fourth-order valence-corrected chi connectivity index (χ4v) is 0.644. The quantitative estimate of drug-likeness (QED) is 0.645. The molecule has 0 saturated heterocycles. The van der Waals surface area contributed by atoms with Gasteiger partial charge >= 0.3 is 6.61 Å². The zero-order valence-electron chi connectivity index (χ0n) is 6.22. The van der Waals surface area contributed by atoms with Crippen molar-refractivity contribution in [2.45, 2.75) is 13.5 Å². The summed E-state index contributed by atoms with van der Waals surface area (Å²) in [4.78, 5) is 3.14. The van der Waals surface area contributed by atoms with Crippen LogP contribution in [-0.2, 0) is 0 Å². The van der Waals surface area contributed by atoms with Gasteiger partial charge in [0.05, 0.1) is 0 Å². The summed E-state index contributed by atoms with van der Waals surface area (Å²) < 4.78 is 39.6. The summed E-state index contributed by atoms with van der Waals surface area (Å²) in [5.74, 6) is -1.21. The Morgan fingerprint density at radius 1 is 1.42 bits per heavy atom. The highest BCUT2D eigenvalue weighted by molar-refractivity contribution is 5.17. The first-order valence-electron chi connectivity index (χ1n) is 3.17. The van der Waals surface area contributed by atoms with Gasteiger partial charge in [-0.05, 0) is 13.0 Å². The number of hydrogen-bond acceptors (Lipinski definition) is 2. The molecule has 5 heteroatoms. The number of alkyl halides is 2. The molecule has 0 amide bonds. The molecule has 0 aliphatic rings. The standard InChI is InChI=1S/C7H6F3NO/c1-4-2-3-5(11-6(4)8)12-7(9)10/h2-3,7H,1H3. The first-order valence-corrected chi connectivity index (χ1v) is 3.17. The lowest BCUT2D eigenvalue weighted by atomic mass is 10.3. The molecule has 0 radical (unpaired) electrons. The number of nitrogens with zero attached hydrogens (tertiary/aromatic N) is 1. The fourth-order valence-electron chi connectivity index (χ4n) is 0.644. The molecule has 0 spiro atoms. The molecule has 2 nitrogen and oxygen atoms in total. The minimum absolute atomic E-state index is 0.289. The Balaban J connectivity index is 2.82. The lowest BCUT2D eigenvalue weighted by molar-refractivity contribution is -0.0532. The number of aromatic nitrogens is 1. The van der Waals surface area contributed by atoms with Gasteiger partial charge in [0, 0.05) is 11.6 Å². The van der Waals surface area contributed by atoms with E-state index in [1.807, 2.05) is 0 Å². The molecule has 66 valence electrons. The second-order valence-corrected chi connectivity index (χ2v) is 2.14. The highest BCUT2D eigenvalue weighted by Crippen LogP contribution is 2.12. The Hall–Kier alpha value is -1.26. The molecule has 0 saturated carbocycles. The molecule has 1 rings (SSSR count). The molecule has 0 unspecified atom stereocenters. The minimum Gasteiger partial charge on any atom is -0.417 e. The van der Waals surface area contributed by atoms with E-state index in [1.54, 1.807) is 0 Å². The van der Waals surface area contributed by atoms with Crippen molar-refractivity contribution in [1.82, 2.24) is 4.98 Å². The Morgan fingerprint density at radius 3 is 2.58 bits per heavy atom. The monoisotopic (exact) mass is 177 g/mol. The van der Waals surface area contributed by atoms with Gasteiger partial charge in [0.15, 0.2) is 0 Å². The van der Waals surface area contributed by atoms with Gasteiger partial charge in [-0.2, -0.15) is 18.2 Å². The van der Waals surface area contributed by atoms with Crippen molar-refractivity contribution in [3.05, 3.63) is 23.6 Å². The van der Waals surface area contributed by atoms with Crippen LogP contribution in [0.1, 0.15) is 5.56 Å². The molecule has 1 aromatic heterocycles. The Bertz CT molecular complexity index is 277. The third-order valence-corrected chi connectivity index (χ3v) is 1.22. The number of ether oxygens (including phenoxy) is 1. The Kier molecular flexibility index (Phi) is 2.52. The lowest BCUT2D eigenvalue weighted by Crippen LogP contribution is -2.04. The van der Waals surface area contributed by atoms with E-state index in [-0.39, 0.29) is 5.56 Å². The molecule has 0 aromatic carbocycles. The maximum atomic E-state index is 12.6. The summed E-state index contributed by atoms with van der Waals surface area (Å²) in [6.45, 7) is -1.49. The normalized spacial score (nSPS) is 10.4. The smallest absolute Gasteiger partial charge is 0.388 e. The van der Waals surface area contributed by atoms with Crippen LogP contribution in [-0.4, -0.2) is 11.6 Å². The zero-order chi connectivity index (χ0) is 9.14. The van der Waals surface area contributed by atoms with Crippen LogP contribution in [0.2, 0.25) is 0 Å². The maximum absolute atomic E-state index is 12.6. The molecule has 12 heavy (non-hydrogen) atoms. The van der Waals surface area contributed by atoms with Crippen LogP contribution < -0.4 is 4.74 Å². The molecule has 1 aromatic rings. The predicted octanol–water partition coefficient (Wildman–Crippen LogP) is 2.13. The van der Waals surface area contributed by atoms with Crippen LogP contribution in [0.3, 0.4) is 0 Å². The minimum atomic E-state index is -2.97. The number of rotatable bonds is 2. The lowest BCUT2D eigenvalue weighted by Gasteiger charge is -2.03. The second kappa shape index (κ2) is 3.42. The summed E-state index contributed by atoms with van der Waals surface area (Å²) in [6, 6.07) is 2.50. The molecule has 0 aliphatic carbocycles. The number of aryl methyl sites for hydroxylation is 1. The van der Waals surface area contributed by atoms with Crippen LogP contribution in [0.15, 0.2) is 12.1 Å². The summed E-state index contributed by atoms with van der Waals surface area (Å²) in [5, 5.41) is 0. The molecule has 0 N–H and O–H groups in total. The zero-order valence-corrected chi connectivity index (χ0v) is 6.22.